The molecule has 0 radical (unpaired) electrons. The van der Waals surface area contributed by atoms with Gasteiger partial charge >= 0.3 is 0 Å². The Balaban J connectivity index is 2.54. The molecule has 0 aliphatic rings. The first kappa shape index (κ1) is 15.5. The molecular weight excluding hydrogens is 258 g/mol. The number of thioether (sulfide) groups is 1. The van der Waals surface area contributed by atoms with Gasteiger partial charge in [-0.25, -0.2) is 0 Å². The highest BCUT2D eigenvalue weighted by atomic mass is 32.2. The lowest BCUT2D eigenvalue weighted by molar-refractivity contribution is -0.117. The predicted molar refractivity (Wildman–Crippen MR) is 79.1 cm³/mol. The number of nitrogens with zero attached hydrogens (tertiary/aromatic N) is 2. The van der Waals surface area contributed by atoms with Gasteiger partial charge in [-0.2, -0.15) is 5.26 Å². The lowest BCUT2D eigenvalue weighted by Crippen LogP contribution is -2.33. The maximum atomic E-state index is 11.9. The molecule has 4 nitrogen and oxygen atoms in total. The van der Waals surface area contributed by atoms with Crippen LogP contribution in [0, 0.1) is 17.2 Å². The van der Waals surface area contributed by atoms with Gasteiger partial charge in [-0.15, -0.1) is 11.8 Å². The summed E-state index contributed by atoms with van der Waals surface area (Å²) in [6.07, 6.45) is 1.98. The quantitative estimate of drug-likeness (QED) is 0.811. The number of para-hydroxylation sites is 1. The number of nitriles is 1. The molecule has 1 aromatic carbocycles. The predicted octanol–water partition coefficient (Wildman–Crippen LogP) is 2.44. The number of carbonyl (C=O) groups is 1. The Bertz CT molecular complexity index is 470. The van der Waals surface area contributed by atoms with Crippen LogP contribution in [-0.2, 0) is 4.79 Å². The topological polar surface area (TPSA) is 56.1 Å². The molecule has 1 N–H and O–H groups in total. The third kappa shape index (κ3) is 5.33. The van der Waals surface area contributed by atoms with E-state index in [9.17, 15) is 4.79 Å². The van der Waals surface area contributed by atoms with Gasteiger partial charge in [-0.1, -0.05) is 12.1 Å². The molecule has 5 heteroatoms. The van der Waals surface area contributed by atoms with Crippen LogP contribution < -0.4 is 5.32 Å². The van der Waals surface area contributed by atoms with E-state index < -0.39 is 0 Å². The van der Waals surface area contributed by atoms with E-state index in [2.05, 4.69) is 11.4 Å². The molecule has 0 aliphatic carbocycles. The Morgan fingerprint density at radius 2 is 2.21 bits per heavy atom. The Morgan fingerprint density at radius 3 is 2.84 bits per heavy atom. The Morgan fingerprint density at radius 1 is 1.53 bits per heavy atom. The molecule has 0 saturated carbocycles. The fourth-order valence-electron chi connectivity index (χ4n) is 1.76. The number of nitrogens with one attached hydrogen (secondary N) is 1. The van der Waals surface area contributed by atoms with Crippen LogP contribution in [-0.4, -0.2) is 37.2 Å². The Kier molecular flexibility index (Phi) is 6.40. The number of hydrogen-bond donors (Lipinski definition) is 1. The number of amides is 1. The van der Waals surface area contributed by atoms with Gasteiger partial charge in [0.1, 0.15) is 0 Å². The van der Waals surface area contributed by atoms with Crippen molar-refractivity contribution in [3.05, 3.63) is 24.3 Å². The van der Waals surface area contributed by atoms with Crippen molar-refractivity contribution in [3.8, 4) is 6.07 Å². The van der Waals surface area contributed by atoms with E-state index in [1.807, 2.05) is 49.4 Å². The molecule has 19 heavy (non-hydrogen) atoms. The van der Waals surface area contributed by atoms with Gasteiger partial charge in [0.05, 0.1) is 24.2 Å². The average Bonchev–Trinajstić information content (AvgIpc) is 2.38. The minimum atomic E-state index is -0.0729. The van der Waals surface area contributed by atoms with Crippen molar-refractivity contribution in [2.24, 2.45) is 5.92 Å². The summed E-state index contributed by atoms with van der Waals surface area (Å²) < 4.78 is 0. The minimum Gasteiger partial charge on any atom is -0.324 e. The molecule has 1 aromatic rings. The SMILES string of the molecule is CSc1ccccc1NC(=O)CN(C)C[C@@H](C)C#N. The number of hydrogen-bond acceptors (Lipinski definition) is 4. The zero-order valence-electron chi connectivity index (χ0n) is 11.5. The molecule has 0 unspecified atom stereocenters. The molecule has 0 bridgehead atoms. The monoisotopic (exact) mass is 277 g/mol. The van der Waals surface area contributed by atoms with Crippen LogP contribution in [0.3, 0.4) is 0 Å². The summed E-state index contributed by atoms with van der Waals surface area (Å²) >= 11 is 1.60. The molecule has 0 spiro atoms. The van der Waals surface area contributed by atoms with E-state index in [4.69, 9.17) is 5.26 Å². The average molecular weight is 277 g/mol. The highest BCUT2D eigenvalue weighted by Crippen LogP contribution is 2.24. The molecule has 0 heterocycles. The third-order valence-corrected chi connectivity index (χ3v) is 3.40. The highest BCUT2D eigenvalue weighted by molar-refractivity contribution is 7.98. The summed E-state index contributed by atoms with van der Waals surface area (Å²) in [5.41, 5.74) is 0.835. The van der Waals surface area contributed by atoms with E-state index in [1.165, 1.54) is 0 Å². The highest BCUT2D eigenvalue weighted by Gasteiger charge is 2.11. The standard InChI is InChI=1S/C14H19N3OS/c1-11(8-15)9-17(2)10-14(18)16-12-6-4-5-7-13(12)19-3/h4-7,11H,9-10H2,1-3H3,(H,16,18)/t11-/m0/s1. The molecular formula is C14H19N3OS. The number of likely N-dealkylation sites (N-methyl/N-ethyl adjacent to an activating group) is 1. The van der Waals surface area contributed by atoms with Crippen LogP contribution in [0.15, 0.2) is 29.2 Å². The minimum absolute atomic E-state index is 0.0610. The fraction of sp³-hybridized carbons (Fsp3) is 0.429. The van der Waals surface area contributed by atoms with E-state index >= 15 is 0 Å². The summed E-state index contributed by atoms with van der Waals surface area (Å²) in [7, 11) is 1.84. The van der Waals surface area contributed by atoms with Crippen LogP contribution in [0.2, 0.25) is 0 Å². The molecule has 0 fully saturated rings. The first-order chi connectivity index (χ1) is 9.06. The zero-order valence-corrected chi connectivity index (χ0v) is 12.3. The summed E-state index contributed by atoms with van der Waals surface area (Å²) in [5.74, 6) is -0.134. The van der Waals surface area contributed by atoms with Crippen molar-refractivity contribution >= 4 is 23.4 Å². The van der Waals surface area contributed by atoms with Crippen molar-refractivity contribution in [2.45, 2.75) is 11.8 Å². The molecule has 0 aromatic heterocycles. The Hall–Kier alpha value is -1.51. The van der Waals surface area contributed by atoms with E-state index in [0.29, 0.717) is 6.54 Å². The van der Waals surface area contributed by atoms with Crippen LogP contribution in [0.25, 0.3) is 0 Å². The van der Waals surface area contributed by atoms with Crippen LogP contribution in [0.5, 0.6) is 0 Å². The van der Waals surface area contributed by atoms with Gasteiger partial charge in [0.25, 0.3) is 0 Å². The molecule has 0 saturated heterocycles. The fourth-order valence-corrected chi connectivity index (χ4v) is 2.31. The number of rotatable bonds is 6. The van der Waals surface area contributed by atoms with Crippen molar-refractivity contribution < 1.29 is 4.79 Å². The van der Waals surface area contributed by atoms with Crippen LogP contribution in [0.1, 0.15) is 6.92 Å². The summed E-state index contributed by atoms with van der Waals surface area (Å²) in [6.45, 7) is 2.72. The molecule has 1 rings (SSSR count). The maximum Gasteiger partial charge on any atom is 0.238 e. The largest absolute Gasteiger partial charge is 0.324 e. The van der Waals surface area contributed by atoms with Crippen LogP contribution >= 0.6 is 11.8 Å². The van der Waals surface area contributed by atoms with E-state index in [-0.39, 0.29) is 18.4 Å². The smallest absolute Gasteiger partial charge is 0.238 e. The van der Waals surface area contributed by atoms with E-state index in [0.717, 1.165) is 10.6 Å². The first-order valence-electron chi connectivity index (χ1n) is 6.07. The van der Waals surface area contributed by atoms with Crippen molar-refractivity contribution in [1.29, 1.82) is 5.26 Å². The van der Waals surface area contributed by atoms with Crippen LogP contribution in [0.4, 0.5) is 5.69 Å². The lowest BCUT2D eigenvalue weighted by Gasteiger charge is -2.17. The Labute approximate surface area is 118 Å². The van der Waals surface area contributed by atoms with Crippen molar-refractivity contribution in [2.75, 3.05) is 31.7 Å². The molecule has 0 aliphatic heterocycles. The van der Waals surface area contributed by atoms with Gasteiger partial charge in [-0.3, -0.25) is 9.69 Å². The second-order valence-electron chi connectivity index (χ2n) is 4.48. The maximum absolute atomic E-state index is 11.9. The normalized spacial score (nSPS) is 11.9. The van der Waals surface area contributed by atoms with Gasteiger partial charge in [0.15, 0.2) is 0 Å². The van der Waals surface area contributed by atoms with Crippen molar-refractivity contribution in [3.63, 3.8) is 0 Å². The summed E-state index contributed by atoms with van der Waals surface area (Å²) in [5, 5.41) is 11.6. The molecule has 102 valence electrons. The molecule has 1 amide bonds. The second kappa shape index (κ2) is 7.82. The lowest BCUT2D eigenvalue weighted by atomic mass is 10.2. The summed E-state index contributed by atoms with van der Waals surface area (Å²) in [4.78, 5) is 14.8. The van der Waals surface area contributed by atoms with E-state index in [1.54, 1.807) is 11.8 Å². The number of anilines is 1. The molecule has 1 atom stereocenters. The first-order valence-corrected chi connectivity index (χ1v) is 7.30. The number of carbonyl (C=O) groups excluding carboxylic acids is 1. The van der Waals surface area contributed by atoms with Gasteiger partial charge < -0.3 is 5.32 Å². The third-order valence-electron chi connectivity index (χ3n) is 2.60. The van der Waals surface area contributed by atoms with Gasteiger partial charge in [0, 0.05) is 11.4 Å². The summed E-state index contributed by atoms with van der Waals surface area (Å²) in [6, 6.07) is 9.87. The number of benzene rings is 1. The van der Waals surface area contributed by atoms with Crippen molar-refractivity contribution in [1.82, 2.24) is 4.90 Å². The van der Waals surface area contributed by atoms with Gasteiger partial charge in [0.2, 0.25) is 5.91 Å². The van der Waals surface area contributed by atoms with Gasteiger partial charge in [-0.05, 0) is 32.4 Å². The second-order valence-corrected chi connectivity index (χ2v) is 5.32. The zero-order chi connectivity index (χ0) is 14.3.